The summed E-state index contributed by atoms with van der Waals surface area (Å²) < 4.78 is 40.2. The fraction of sp³-hybridized carbons (Fsp3) is 0.323. The summed E-state index contributed by atoms with van der Waals surface area (Å²) >= 11 is 0. The van der Waals surface area contributed by atoms with Crippen LogP contribution in [0.5, 0.6) is 11.5 Å². The molecule has 7 aromatic rings. The Bertz CT molecular complexity index is 2960. The molecule has 0 amide bonds. The van der Waals surface area contributed by atoms with Crippen molar-refractivity contribution in [3.05, 3.63) is 214 Å². The van der Waals surface area contributed by atoms with Crippen LogP contribution in [0, 0.1) is 20.8 Å². The zero-order valence-electron chi connectivity index (χ0n) is 43.5. The van der Waals surface area contributed by atoms with E-state index in [1.54, 1.807) is 26.4 Å². The molecule has 0 aromatic heterocycles. The molecule has 1 saturated carbocycles. The van der Waals surface area contributed by atoms with Crippen molar-refractivity contribution in [1.29, 1.82) is 0 Å². The van der Waals surface area contributed by atoms with E-state index in [0.29, 0.717) is 11.8 Å². The standard InChI is InChI=1S/C29H34O2.C29H32O.C7H8O3S/c1-4-5-22-6-8-23(9-7-22)24-16-18-29(30,19-17-24)26-12-10-25(11-13-26)28-15-14-27(31-3)20-21(28)2;1-4-5-22-6-8-23(9-7-22)24-10-12-25(13-11-24)26-14-16-27(17-15-26)29-19-18-28(30-3)20-21(29)2;1-6-2-4-7(5-3-6)11(8,9)10/h6-15,20,24,30H,4-5,16-19H2,1-3H3;6-9,12,14-20,24H,4-5,10-11,13H2,1-3H3;2-5H,1H3,(H,8,9,10). The Kier molecular flexibility index (Phi) is 18.5. The second-order valence-electron chi connectivity index (χ2n) is 19.8. The second-order valence-corrected chi connectivity index (χ2v) is 21.2. The average Bonchev–Trinajstić information content (AvgIpc) is 3.40. The van der Waals surface area contributed by atoms with Crippen LogP contribution in [0.1, 0.15) is 134 Å². The summed E-state index contributed by atoms with van der Waals surface area (Å²) in [6, 6.07) is 54.5. The first-order valence-electron chi connectivity index (χ1n) is 25.8. The van der Waals surface area contributed by atoms with E-state index in [1.165, 1.54) is 105 Å². The molecule has 0 aliphatic heterocycles. The highest BCUT2D eigenvalue weighted by Crippen LogP contribution is 2.44. The Labute approximate surface area is 430 Å². The molecule has 1 atom stereocenters. The zero-order chi connectivity index (χ0) is 51.3. The maximum absolute atomic E-state index is 11.4. The van der Waals surface area contributed by atoms with Crippen molar-refractivity contribution in [2.45, 2.75) is 128 Å². The molecular weight excluding hydrogens is 909 g/mol. The van der Waals surface area contributed by atoms with Crippen LogP contribution in [0.3, 0.4) is 0 Å². The fourth-order valence-electron chi connectivity index (χ4n) is 10.3. The van der Waals surface area contributed by atoms with Gasteiger partial charge in [0.15, 0.2) is 0 Å². The van der Waals surface area contributed by atoms with E-state index in [0.717, 1.165) is 67.6 Å². The van der Waals surface area contributed by atoms with Crippen LogP contribution in [0.15, 0.2) is 169 Å². The molecule has 376 valence electrons. The van der Waals surface area contributed by atoms with E-state index >= 15 is 0 Å². The van der Waals surface area contributed by atoms with Gasteiger partial charge in [-0.05, 0) is 199 Å². The van der Waals surface area contributed by atoms with Gasteiger partial charge in [0.1, 0.15) is 11.5 Å². The Morgan fingerprint density at radius 2 is 1.01 bits per heavy atom. The van der Waals surface area contributed by atoms with Crippen LogP contribution in [-0.4, -0.2) is 32.3 Å². The Balaban J connectivity index is 0.000000175. The smallest absolute Gasteiger partial charge is 0.294 e. The summed E-state index contributed by atoms with van der Waals surface area (Å²) in [4.78, 5) is -0.0666. The van der Waals surface area contributed by atoms with Crippen LogP contribution in [0.2, 0.25) is 0 Å². The first kappa shape index (κ1) is 53.5. The molecule has 6 nitrogen and oxygen atoms in total. The number of allylic oxidation sites excluding steroid dienone is 2. The molecule has 1 fully saturated rings. The molecular formula is C65H74O6S. The maximum Gasteiger partial charge on any atom is 0.294 e. The largest absolute Gasteiger partial charge is 0.497 e. The van der Waals surface area contributed by atoms with Crippen molar-refractivity contribution < 1.29 is 27.6 Å². The molecule has 0 spiro atoms. The molecule has 1 unspecified atom stereocenters. The first-order valence-corrected chi connectivity index (χ1v) is 27.3. The summed E-state index contributed by atoms with van der Waals surface area (Å²) in [5, 5.41) is 11.4. The van der Waals surface area contributed by atoms with Crippen molar-refractivity contribution in [1.82, 2.24) is 0 Å². The van der Waals surface area contributed by atoms with Gasteiger partial charge in [-0.2, -0.15) is 8.42 Å². The van der Waals surface area contributed by atoms with Crippen molar-refractivity contribution in [3.63, 3.8) is 0 Å². The monoisotopic (exact) mass is 983 g/mol. The lowest BCUT2D eigenvalue weighted by atomic mass is 9.73. The summed E-state index contributed by atoms with van der Waals surface area (Å²) in [7, 11) is -0.610. The lowest BCUT2D eigenvalue weighted by Gasteiger charge is -2.37. The number of hydrogen-bond donors (Lipinski definition) is 2. The highest BCUT2D eigenvalue weighted by molar-refractivity contribution is 7.85. The number of methoxy groups -OCH3 is 2. The van der Waals surface area contributed by atoms with Gasteiger partial charge in [0.25, 0.3) is 10.1 Å². The maximum atomic E-state index is 11.4. The van der Waals surface area contributed by atoms with E-state index in [1.807, 2.05) is 19.1 Å². The number of ether oxygens (including phenoxy) is 2. The second kappa shape index (κ2) is 24.9. The predicted molar refractivity (Wildman–Crippen MR) is 298 cm³/mol. The molecule has 7 aromatic carbocycles. The lowest BCUT2D eigenvalue weighted by Crippen LogP contribution is -2.30. The molecule has 2 aliphatic carbocycles. The van der Waals surface area contributed by atoms with Crippen LogP contribution < -0.4 is 9.47 Å². The number of benzene rings is 7. The number of aryl methyl sites for hydroxylation is 5. The molecule has 9 rings (SSSR count). The van der Waals surface area contributed by atoms with E-state index < -0.39 is 15.7 Å². The zero-order valence-corrected chi connectivity index (χ0v) is 44.3. The number of rotatable bonds is 13. The van der Waals surface area contributed by atoms with Gasteiger partial charge in [-0.15, -0.1) is 0 Å². The fourth-order valence-corrected chi connectivity index (χ4v) is 10.8. The van der Waals surface area contributed by atoms with Gasteiger partial charge >= 0.3 is 0 Å². The van der Waals surface area contributed by atoms with Crippen LogP contribution in [0.4, 0.5) is 0 Å². The van der Waals surface area contributed by atoms with Gasteiger partial charge < -0.3 is 14.6 Å². The van der Waals surface area contributed by atoms with Gasteiger partial charge in [0.2, 0.25) is 0 Å². The van der Waals surface area contributed by atoms with Crippen molar-refractivity contribution in [2.24, 2.45) is 0 Å². The SMILES string of the molecule is CCCc1ccc(C2CC=C(c3ccc(-c4ccc(OC)cc4C)cc3)CC2)cc1.CCCc1ccc(C2CCC(O)(c3ccc(-c4ccc(OC)cc4C)cc3)CC2)cc1.Cc1ccc(S(=O)(=O)O)cc1. The average molecular weight is 983 g/mol. The third-order valence-corrected chi connectivity index (χ3v) is 15.6. The predicted octanol–water partition coefficient (Wildman–Crippen LogP) is 16.4. The van der Waals surface area contributed by atoms with E-state index in [-0.39, 0.29) is 4.90 Å². The van der Waals surface area contributed by atoms with Crippen LogP contribution >= 0.6 is 0 Å². The number of aliphatic hydroxyl groups is 1. The van der Waals surface area contributed by atoms with Crippen molar-refractivity contribution in [3.8, 4) is 33.8 Å². The Morgan fingerprint density at radius 3 is 1.43 bits per heavy atom. The van der Waals surface area contributed by atoms with Gasteiger partial charge in [0, 0.05) is 0 Å². The van der Waals surface area contributed by atoms with Crippen molar-refractivity contribution in [2.75, 3.05) is 14.2 Å². The minimum atomic E-state index is -4.02. The molecule has 2 N–H and O–H groups in total. The third-order valence-electron chi connectivity index (χ3n) is 14.7. The Morgan fingerprint density at radius 1 is 0.556 bits per heavy atom. The highest BCUT2D eigenvalue weighted by atomic mass is 32.2. The van der Waals surface area contributed by atoms with Crippen LogP contribution in [0.25, 0.3) is 27.8 Å². The van der Waals surface area contributed by atoms with Gasteiger partial charge in [0.05, 0.1) is 24.7 Å². The van der Waals surface area contributed by atoms with Crippen LogP contribution in [-0.2, 0) is 28.6 Å². The summed E-state index contributed by atoms with van der Waals surface area (Å²) in [5.41, 5.74) is 17.3. The molecule has 2 aliphatic rings. The molecule has 0 bridgehead atoms. The molecule has 72 heavy (non-hydrogen) atoms. The normalized spacial score (nSPS) is 17.6. The topological polar surface area (TPSA) is 93.1 Å². The number of hydrogen-bond acceptors (Lipinski definition) is 5. The van der Waals surface area contributed by atoms with Gasteiger partial charge in [-0.1, -0.05) is 160 Å². The summed E-state index contributed by atoms with van der Waals surface area (Å²) in [6.45, 7) is 10.6. The molecule has 7 heteroatoms. The first-order chi connectivity index (χ1) is 34.7. The lowest BCUT2D eigenvalue weighted by molar-refractivity contribution is -0.00565. The van der Waals surface area contributed by atoms with Gasteiger partial charge in [-0.3, -0.25) is 4.55 Å². The summed E-state index contributed by atoms with van der Waals surface area (Å²) in [6.07, 6.45) is 14.4. The van der Waals surface area contributed by atoms with Gasteiger partial charge in [-0.25, -0.2) is 0 Å². The van der Waals surface area contributed by atoms with E-state index in [4.69, 9.17) is 14.0 Å². The minimum absolute atomic E-state index is 0.0666. The quantitative estimate of drug-likeness (QED) is 0.112. The van der Waals surface area contributed by atoms with Crippen molar-refractivity contribution >= 4 is 15.7 Å². The summed E-state index contributed by atoms with van der Waals surface area (Å²) in [5.74, 6) is 3.00. The molecule has 0 radical (unpaired) electrons. The molecule has 0 heterocycles. The minimum Gasteiger partial charge on any atom is -0.497 e. The molecule has 0 saturated heterocycles. The highest BCUT2D eigenvalue weighted by Gasteiger charge is 2.35. The Hall–Kier alpha value is -6.25. The third kappa shape index (κ3) is 14.0. The van der Waals surface area contributed by atoms with E-state index in [9.17, 15) is 13.5 Å². The van der Waals surface area contributed by atoms with E-state index in [2.05, 4.69) is 155 Å².